The number of carbonyl (C=O) groups is 2. The van der Waals surface area contributed by atoms with Crippen molar-refractivity contribution in [1.29, 1.82) is 0 Å². The molecule has 0 aromatic heterocycles. The molecule has 24 heavy (non-hydrogen) atoms. The van der Waals surface area contributed by atoms with Gasteiger partial charge in [0.15, 0.2) is 0 Å². The molecule has 130 valence electrons. The second-order valence-electron chi connectivity index (χ2n) is 6.29. The molecule has 1 aromatic carbocycles. The van der Waals surface area contributed by atoms with Gasteiger partial charge in [0.25, 0.3) is 0 Å². The number of piperazine rings is 1. The number of benzene rings is 1. The minimum absolute atomic E-state index is 0.0163. The minimum Gasteiger partial charge on any atom is -0.392 e. The summed E-state index contributed by atoms with van der Waals surface area (Å²) in [6, 6.07) is 5.14. The molecule has 1 aliphatic heterocycles. The molecule has 2 fully saturated rings. The molecule has 0 radical (unpaired) electrons. The summed E-state index contributed by atoms with van der Waals surface area (Å²) in [7, 11) is 0. The van der Waals surface area contributed by atoms with Crippen molar-refractivity contribution in [2.45, 2.75) is 19.4 Å². The number of hydrogen-bond donors (Lipinski definition) is 2. The van der Waals surface area contributed by atoms with Gasteiger partial charge in [-0.3, -0.25) is 9.59 Å². The molecule has 1 saturated carbocycles. The maximum Gasteiger partial charge on any atom is 0.241 e. The van der Waals surface area contributed by atoms with Crippen LogP contribution in [0.1, 0.15) is 18.4 Å². The monoisotopic (exact) mass is 351 g/mol. The van der Waals surface area contributed by atoms with Crippen molar-refractivity contribution in [2.75, 3.05) is 38.0 Å². The predicted molar refractivity (Wildman–Crippen MR) is 91.7 cm³/mol. The first-order chi connectivity index (χ1) is 11.6. The molecule has 7 heteroatoms. The van der Waals surface area contributed by atoms with Crippen molar-refractivity contribution in [2.24, 2.45) is 5.92 Å². The first-order valence-electron chi connectivity index (χ1n) is 8.28. The highest BCUT2D eigenvalue weighted by molar-refractivity contribution is 6.30. The third kappa shape index (κ3) is 3.99. The van der Waals surface area contributed by atoms with Gasteiger partial charge in [0.1, 0.15) is 0 Å². The van der Waals surface area contributed by atoms with E-state index in [2.05, 4.69) is 5.32 Å². The van der Waals surface area contributed by atoms with Gasteiger partial charge in [-0.25, -0.2) is 0 Å². The smallest absolute Gasteiger partial charge is 0.241 e. The van der Waals surface area contributed by atoms with Crippen molar-refractivity contribution in [1.82, 2.24) is 9.80 Å². The third-order valence-electron chi connectivity index (χ3n) is 4.54. The van der Waals surface area contributed by atoms with Crippen LogP contribution in [-0.2, 0) is 16.2 Å². The van der Waals surface area contributed by atoms with Crippen molar-refractivity contribution < 1.29 is 14.7 Å². The van der Waals surface area contributed by atoms with Crippen molar-refractivity contribution >= 4 is 29.1 Å². The lowest BCUT2D eigenvalue weighted by Crippen LogP contribution is -2.52. The standard InChI is InChI=1S/C17H22ClN3O3/c18-14-4-3-13(11-22)15(9-14)19-10-16(23)20-5-7-21(8-6-20)17(24)12-1-2-12/h3-4,9,12,19,22H,1-2,5-8,10-11H2. The molecule has 2 amide bonds. The molecule has 0 atom stereocenters. The summed E-state index contributed by atoms with van der Waals surface area (Å²) in [6.45, 7) is 2.39. The van der Waals surface area contributed by atoms with E-state index in [-0.39, 0.29) is 30.9 Å². The Morgan fingerprint density at radius 1 is 1.17 bits per heavy atom. The Labute approximate surface area is 146 Å². The molecule has 1 aliphatic carbocycles. The Kier molecular flexibility index (Phi) is 5.26. The average molecular weight is 352 g/mol. The highest BCUT2D eigenvalue weighted by Gasteiger charge is 2.35. The number of aliphatic hydroxyl groups excluding tert-OH is 1. The number of hydrogen-bond acceptors (Lipinski definition) is 4. The van der Waals surface area contributed by atoms with E-state index in [9.17, 15) is 14.7 Å². The highest BCUT2D eigenvalue weighted by Crippen LogP contribution is 2.31. The van der Waals surface area contributed by atoms with Crippen LogP contribution in [0.5, 0.6) is 0 Å². The van der Waals surface area contributed by atoms with Gasteiger partial charge >= 0.3 is 0 Å². The lowest BCUT2D eigenvalue weighted by molar-refractivity contribution is -0.139. The number of rotatable bonds is 5. The molecule has 0 bridgehead atoms. The summed E-state index contributed by atoms with van der Waals surface area (Å²) in [5.41, 5.74) is 1.37. The van der Waals surface area contributed by atoms with Gasteiger partial charge in [-0.1, -0.05) is 17.7 Å². The average Bonchev–Trinajstić information content (AvgIpc) is 3.44. The van der Waals surface area contributed by atoms with Crippen LogP contribution in [0.15, 0.2) is 18.2 Å². The van der Waals surface area contributed by atoms with Crippen LogP contribution < -0.4 is 5.32 Å². The van der Waals surface area contributed by atoms with E-state index < -0.39 is 0 Å². The number of amides is 2. The number of nitrogens with zero attached hydrogens (tertiary/aromatic N) is 2. The van der Waals surface area contributed by atoms with E-state index in [1.54, 1.807) is 23.1 Å². The zero-order valence-electron chi connectivity index (χ0n) is 13.5. The molecule has 3 rings (SSSR count). The summed E-state index contributed by atoms with van der Waals surface area (Å²) >= 11 is 5.96. The molecule has 0 unspecified atom stereocenters. The van der Waals surface area contributed by atoms with E-state index in [1.165, 1.54) is 0 Å². The van der Waals surface area contributed by atoms with Crippen molar-refractivity contribution in [3.8, 4) is 0 Å². The topological polar surface area (TPSA) is 72.9 Å². The second-order valence-corrected chi connectivity index (χ2v) is 6.73. The van der Waals surface area contributed by atoms with Crippen LogP contribution in [0.3, 0.4) is 0 Å². The van der Waals surface area contributed by atoms with Crippen LogP contribution in [0, 0.1) is 5.92 Å². The number of halogens is 1. The fourth-order valence-corrected chi connectivity index (χ4v) is 3.07. The van der Waals surface area contributed by atoms with Gasteiger partial charge in [0, 0.05) is 48.4 Å². The van der Waals surface area contributed by atoms with Crippen LogP contribution in [0.25, 0.3) is 0 Å². The molecular formula is C17H22ClN3O3. The molecular weight excluding hydrogens is 330 g/mol. The van der Waals surface area contributed by atoms with E-state index in [4.69, 9.17) is 11.6 Å². The summed E-state index contributed by atoms with van der Waals surface area (Å²) in [4.78, 5) is 28.0. The van der Waals surface area contributed by atoms with Gasteiger partial charge in [-0.15, -0.1) is 0 Å². The van der Waals surface area contributed by atoms with Gasteiger partial charge in [0.2, 0.25) is 11.8 Å². The van der Waals surface area contributed by atoms with E-state index >= 15 is 0 Å². The van der Waals surface area contributed by atoms with Crippen molar-refractivity contribution in [3.63, 3.8) is 0 Å². The quantitative estimate of drug-likeness (QED) is 0.839. The summed E-state index contributed by atoms with van der Waals surface area (Å²) in [5.74, 6) is 0.456. The van der Waals surface area contributed by atoms with Crippen LogP contribution in [0.4, 0.5) is 5.69 Å². The molecule has 2 aliphatic rings. The van der Waals surface area contributed by atoms with Crippen LogP contribution in [-0.4, -0.2) is 59.4 Å². The highest BCUT2D eigenvalue weighted by atomic mass is 35.5. The van der Waals surface area contributed by atoms with Crippen molar-refractivity contribution in [3.05, 3.63) is 28.8 Å². The Morgan fingerprint density at radius 2 is 1.83 bits per heavy atom. The SMILES string of the molecule is O=C(CNc1cc(Cl)ccc1CO)N1CCN(C(=O)C2CC2)CC1. The molecule has 1 aromatic rings. The summed E-state index contributed by atoms with van der Waals surface area (Å²) in [6.07, 6.45) is 2.02. The lowest BCUT2D eigenvalue weighted by Gasteiger charge is -2.35. The van der Waals surface area contributed by atoms with Crippen LogP contribution in [0.2, 0.25) is 5.02 Å². The first kappa shape index (κ1) is 17.0. The molecule has 1 saturated heterocycles. The maximum absolute atomic E-state index is 12.3. The molecule has 2 N–H and O–H groups in total. The van der Waals surface area contributed by atoms with E-state index in [1.807, 2.05) is 4.90 Å². The fourth-order valence-electron chi connectivity index (χ4n) is 2.90. The Bertz CT molecular complexity index is 626. The zero-order valence-corrected chi connectivity index (χ0v) is 14.3. The normalized spacial score (nSPS) is 17.8. The number of nitrogens with one attached hydrogen (secondary N) is 1. The third-order valence-corrected chi connectivity index (χ3v) is 4.78. The molecule has 0 spiro atoms. The van der Waals surface area contributed by atoms with Gasteiger partial charge in [0.05, 0.1) is 13.2 Å². The summed E-state index contributed by atoms with van der Waals surface area (Å²) < 4.78 is 0. The Hall–Kier alpha value is -1.79. The molecule has 6 nitrogen and oxygen atoms in total. The lowest BCUT2D eigenvalue weighted by atomic mass is 10.2. The van der Waals surface area contributed by atoms with Gasteiger partial charge in [-0.2, -0.15) is 0 Å². The largest absolute Gasteiger partial charge is 0.392 e. The second kappa shape index (κ2) is 7.40. The zero-order chi connectivity index (χ0) is 17.1. The summed E-state index contributed by atoms with van der Waals surface area (Å²) in [5, 5.41) is 12.9. The molecule has 1 heterocycles. The van der Waals surface area contributed by atoms with Gasteiger partial charge < -0.3 is 20.2 Å². The van der Waals surface area contributed by atoms with Crippen LogP contribution >= 0.6 is 11.6 Å². The minimum atomic E-state index is -0.115. The van der Waals surface area contributed by atoms with E-state index in [0.29, 0.717) is 42.5 Å². The van der Waals surface area contributed by atoms with Gasteiger partial charge in [-0.05, 0) is 25.0 Å². The number of anilines is 1. The fraction of sp³-hybridized carbons (Fsp3) is 0.529. The number of aliphatic hydroxyl groups is 1. The first-order valence-corrected chi connectivity index (χ1v) is 8.66. The predicted octanol–water partition coefficient (Wildman–Crippen LogP) is 1.32. The number of carbonyl (C=O) groups excluding carboxylic acids is 2. The maximum atomic E-state index is 12.3. The Morgan fingerprint density at radius 3 is 2.46 bits per heavy atom. The Balaban J connectivity index is 1.49. The van der Waals surface area contributed by atoms with E-state index in [0.717, 1.165) is 12.8 Å².